The first-order valence-corrected chi connectivity index (χ1v) is 11.5. The van der Waals surface area contributed by atoms with Crippen LogP contribution in [0, 0.1) is 0 Å². The van der Waals surface area contributed by atoms with Crippen molar-refractivity contribution in [3.8, 4) is 11.5 Å². The van der Waals surface area contributed by atoms with E-state index in [2.05, 4.69) is 35.8 Å². The summed E-state index contributed by atoms with van der Waals surface area (Å²) >= 11 is 0. The topological polar surface area (TPSA) is 101 Å². The molecule has 0 saturated heterocycles. The smallest absolute Gasteiger partial charge is 0.240 e. The van der Waals surface area contributed by atoms with E-state index < -0.39 is 10.0 Å². The molecule has 0 unspecified atom stereocenters. The van der Waals surface area contributed by atoms with Crippen LogP contribution in [0.5, 0.6) is 0 Å². The van der Waals surface area contributed by atoms with Gasteiger partial charge in [-0.1, -0.05) is 39.0 Å². The SMILES string of the molecule is CC(C)(C)c1ccc(S(=O)(=O)NCCC(=O)NCc2ccc(-c3ccco3)nc2)cc1. The van der Waals surface area contributed by atoms with E-state index in [-0.39, 0.29) is 29.2 Å². The predicted molar refractivity (Wildman–Crippen MR) is 119 cm³/mol. The van der Waals surface area contributed by atoms with Gasteiger partial charge in [0.1, 0.15) is 5.69 Å². The van der Waals surface area contributed by atoms with Crippen molar-refractivity contribution in [3.63, 3.8) is 0 Å². The number of hydrogen-bond acceptors (Lipinski definition) is 5. The van der Waals surface area contributed by atoms with Crippen molar-refractivity contribution in [2.24, 2.45) is 0 Å². The van der Waals surface area contributed by atoms with E-state index >= 15 is 0 Å². The van der Waals surface area contributed by atoms with Crippen molar-refractivity contribution < 1.29 is 17.6 Å². The van der Waals surface area contributed by atoms with E-state index in [0.717, 1.165) is 11.1 Å². The number of nitrogens with one attached hydrogen (secondary N) is 2. The molecule has 1 aromatic carbocycles. The van der Waals surface area contributed by atoms with E-state index in [4.69, 9.17) is 4.42 Å². The van der Waals surface area contributed by atoms with Crippen LogP contribution in [0.2, 0.25) is 0 Å². The van der Waals surface area contributed by atoms with Gasteiger partial charge in [-0.2, -0.15) is 0 Å². The van der Waals surface area contributed by atoms with E-state index in [1.807, 2.05) is 30.3 Å². The van der Waals surface area contributed by atoms with Crippen LogP contribution in [0.15, 0.2) is 70.3 Å². The number of hydrogen-bond donors (Lipinski definition) is 2. The molecule has 31 heavy (non-hydrogen) atoms. The molecule has 7 nitrogen and oxygen atoms in total. The molecule has 2 aromatic heterocycles. The third-order valence-electron chi connectivity index (χ3n) is 4.76. The lowest BCUT2D eigenvalue weighted by molar-refractivity contribution is -0.121. The van der Waals surface area contributed by atoms with Gasteiger partial charge in [-0.25, -0.2) is 13.1 Å². The summed E-state index contributed by atoms with van der Waals surface area (Å²) < 4.78 is 32.6. The third-order valence-corrected chi connectivity index (χ3v) is 6.24. The Morgan fingerprint density at radius 3 is 2.39 bits per heavy atom. The maximum Gasteiger partial charge on any atom is 0.240 e. The number of benzene rings is 1. The zero-order chi connectivity index (χ0) is 22.5. The first-order valence-electron chi connectivity index (χ1n) is 10.0. The van der Waals surface area contributed by atoms with Gasteiger partial charge >= 0.3 is 0 Å². The summed E-state index contributed by atoms with van der Waals surface area (Å²) in [6.45, 7) is 6.53. The molecule has 0 bridgehead atoms. The Labute approximate surface area is 183 Å². The quantitative estimate of drug-likeness (QED) is 0.556. The fourth-order valence-electron chi connectivity index (χ4n) is 2.90. The monoisotopic (exact) mass is 441 g/mol. The average molecular weight is 442 g/mol. The molecular weight excluding hydrogens is 414 g/mol. The van der Waals surface area contributed by atoms with E-state index in [9.17, 15) is 13.2 Å². The first kappa shape index (κ1) is 22.7. The van der Waals surface area contributed by atoms with Gasteiger partial charge in [0, 0.05) is 25.7 Å². The van der Waals surface area contributed by atoms with Crippen LogP contribution in [-0.4, -0.2) is 25.9 Å². The Morgan fingerprint density at radius 1 is 1.06 bits per heavy atom. The molecule has 3 rings (SSSR count). The molecule has 0 atom stereocenters. The molecule has 0 fully saturated rings. The minimum atomic E-state index is -3.66. The van der Waals surface area contributed by atoms with Gasteiger partial charge in [0.25, 0.3) is 0 Å². The molecule has 3 aromatic rings. The fourth-order valence-corrected chi connectivity index (χ4v) is 3.94. The summed E-state index contributed by atoms with van der Waals surface area (Å²) in [7, 11) is -3.66. The Hall–Kier alpha value is -2.97. The second-order valence-corrected chi connectivity index (χ2v) is 9.99. The lowest BCUT2D eigenvalue weighted by atomic mass is 9.87. The van der Waals surface area contributed by atoms with Crippen molar-refractivity contribution in [1.29, 1.82) is 0 Å². The molecule has 0 aliphatic heterocycles. The van der Waals surface area contributed by atoms with E-state index in [1.54, 1.807) is 30.7 Å². The number of pyridine rings is 1. The van der Waals surface area contributed by atoms with Crippen LogP contribution in [0.1, 0.15) is 38.3 Å². The van der Waals surface area contributed by atoms with Crippen LogP contribution >= 0.6 is 0 Å². The standard InChI is InChI=1S/C23H27N3O4S/c1-23(2,3)18-7-9-19(10-8-18)31(28,29)26-13-12-22(27)25-16-17-6-11-20(24-15-17)21-5-4-14-30-21/h4-11,14-15,26H,12-13,16H2,1-3H3,(H,25,27). The Morgan fingerprint density at radius 2 is 1.81 bits per heavy atom. The van der Waals surface area contributed by atoms with Gasteiger partial charge in [0.2, 0.25) is 15.9 Å². The van der Waals surface area contributed by atoms with Gasteiger partial charge < -0.3 is 9.73 Å². The van der Waals surface area contributed by atoms with E-state index in [0.29, 0.717) is 18.0 Å². The number of carbonyl (C=O) groups excluding carboxylic acids is 1. The Kier molecular flexibility index (Phi) is 6.92. The van der Waals surface area contributed by atoms with Crippen molar-refractivity contribution >= 4 is 15.9 Å². The number of carbonyl (C=O) groups is 1. The largest absolute Gasteiger partial charge is 0.463 e. The summed E-state index contributed by atoms with van der Waals surface area (Å²) in [5.41, 5.74) is 2.55. The average Bonchev–Trinajstić information content (AvgIpc) is 3.27. The highest BCUT2D eigenvalue weighted by molar-refractivity contribution is 7.89. The Balaban J connectivity index is 1.45. The van der Waals surface area contributed by atoms with Crippen molar-refractivity contribution in [2.75, 3.05) is 6.54 Å². The van der Waals surface area contributed by atoms with Gasteiger partial charge in [-0.05, 0) is 46.9 Å². The summed E-state index contributed by atoms with van der Waals surface area (Å²) in [6, 6.07) is 14.1. The van der Waals surface area contributed by atoms with E-state index in [1.165, 1.54) is 0 Å². The summed E-state index contributed by atoms with van der Waals surface area (Å²) in [4.78, 5) is 16.6. The Bertz CT molecular complexity index is 1100. The second kappa shape index (κ2) is 9.45. The van der Waals surface area contributed by atoms with Crippen molar-refractivity contribution in [1.82, 2.24) is 15.0 Å². The number of amides is 1. The zero-order valence-corrected chi connectivity index (χ0v) is 18.7. The fraction of sp³-hybridized carbons (Fsp3) is 0.304. The molecule has 1 amide bonds. The molecule has 164 valence electrons. The van der Waals surface area contributed by atoms with Crippen LogP contribution in [-0.2, 0) is 26.8 Å². The lowest BCUT2D eigenvalue weighted by Crippen LogP contribution is -2.30. The molecule has 0 radical (unpaired) electrons. The molecule has 2 heterocycles. The van der Waals surface area contributed by atoms with Crippen LogP contribution in [0.3, 0.4) is 0 Å². The highest BCUT2D eigenvalue weighted by Crippen LogP contribution is 2.23. The summed E-state index contributed by atoms with van der Waals surface area (Å²) in [5.74, 6) is 0.428. The van der Waals surface area contributed by atoms with Gasteiger partial charge in [-0.3, -0.25) is 9.78 Å². The minimum Gasteiger partial charge on any atom is -0.463 e. The molecule has 0 aliphatic carbocycles. The number of sulfonamides is 1. The predicted octanol–water partition coefficient (Wildman–Crippen LogP) is 3.62. The molecule has 2 N–H and O–H groups in total. The highest BCUT2D eigenvalue weighted by atomic mass is 32.2. The molecule has 8 heteroatoms. The van der Waals surface area contributed by atoms with Crippen LogP contribution < -0.4 is 10.0 Å². The minimum absolute atomic E-state index is 0.0187. The normalized spacial score (nSPS) is 12.0. The molecular formula is C23H27N3O4S. The number of aromatic nitrogens is 1. The molecule has 0 spiro atoms. The van der Waals surface area contributed by atoms with Gasteiger partial charge in [0.15, 0.2) is 5.76 Å². The number of furan rings is 1. The zero-order valence-electron chi connectivity index (χ0n) is 17.9. The van der Waals surface area contributed by atoms with Gasteiger partial charge in [-0.15, -0.1) is 0 Å². The second-order valence-electron chi connectivity index (χ2n) is 8.23. The van der Waals surface area contributed by atoms with Gasteiger partial charge in [0.05, 0.1) is 11.2 Å². The van der Waals surface area contributed by atoms with Crippen LogP contribution in [0.25, 0.3) is 11.5 Å². The summed E-state index contributed by atoms with van der Waals surface area (Å²) in [6.07, 6.45) is 3.29. The third kappa shape index (κ3) is 6.26. The lowest BCUT2D eigenvalue weighted by Gasteiger charge is -2.19. The number of nitrogens with zero attached hydrogens (tertiary/aromatic N) is 1. The molecule has 0 saturated carbocycles. The highest BCUT2D eigenvalue weighted by Gasteiger charge is 2.17. The maximum absolute atomic E-state index is 12.4. The maximum atomic E-state index is 12.4. The van der Waals surface area contributed by atoms with Crippen molar-refractivity contribution in [2.45, 2.75) is 44.0 Å². The number of rotatable bonds is 8. The summed E-state index contributed by atoms with van der Waals surface area (Å²) in [5, 5.41) is 2.77. The van der Waals surface area contributed by atoms with Crippen molar-refractivity contribution in [3.05, 3.63) is 72.1 Å². The molecule has 0 aliphatic rings. The van der Waals surface area contributed by atoms with Crippen LogP contribution in [0.4, 0.5) is 0 Å². The first-order chi connectivity index (χ1) is 14.6.